The third kappa shape index (κ3) is 2.50. The number of hydrogen-bond acceptors (Lipinski definition) is 5. The summed E-state index contributed by atoms with van der Waals surface area (Å²) in [5.74, 6) is 0.522. The minimum absolute atomic E-state index is 0.0517. The van der Waals surface area contributed by atoms with E-state index in [0.717, 1.165) is 0 Å². The number of sulfonamides is 1. The summed E-state index contributed by atoms with van der Waals surface area (Å²) in [6.45, 7) is 0.852. The Labute approximate surface area is 117 Å². The lowest BCUT2D eigenvalue weighted by atomic mass is 10.2. The first kappa shape index (κ1) is 13.0. The predicted molar refractivity (Wildman–Crippen MR) is 74.6 cm³/mol. The molecule has 0 aliphatic carbocycles. The number of anilines is 1. The maximum Gasteiger partial charge on any atom is 0.243 e. The minimum Gasteiger partial charge on any atom is -0.349 e. The summed E-state index contributed by atoms with van der Waals surface area (Å²) in [7, 11) is -3.37. The first-order chi connectivity index (χ1) is 9.66. The van der Waals surface area contributed by atoms with E-state index in [4.69, 9.17) is 0 Å². The SMILES string of the molecule is O=S(=O)(c1ccccc1)N1CC(Nc2ncccn2)C1. The number of rotatable bonds is 4. The van der Waals surface area contributed by atoms with Gasteiger partial charge in [0.2, 0.25) is 16.0 Å². The molecule has 104 valence electrons. The summed E-state index contributed by atoms with van der Waals surface area (Å²) in [4.78, 5) is 8.44. The van der Waals surface area contributed by atoms with Crippen molar-refractivity contribution in [2.24, 2.45) is 0 Å². The summed E-state index contributed by atoms with van der Waals surface area (Å²) < 4.78 is 26.0. The van der Waals surface area contributed by atoms with Gasteiger partial charge in [0.05, 0.1) is 10.9 Å². The molecule has 0 bridgehead atoms. The van der Waals surface area contributed by atoms with Crippen LogP contribution in [0.4, 0.5) is 5.95 Å². The zero-order chi connectivity index (χ0) is 14.0. The molecule has 0 radical (unpaired) electrons. The van der Waals surface area contributed by atoms with Crippen molar-refractivity contribution in [1.82, 2.24) is 14.3 Å². The van der Waals surface area contributed by atoms with E-state index in [1.54, 1.807) is 48.8 Å². The second kappa shape index (κ2) is 5.18. The van der Waals surface area contributed by atoms with Crippen LogP contribution >= 0.6 is 0 Å². The molecule has 2 aromatic rings. The number of aromatic nitrogens is 2. The minimum atomic E-state index is -3.37. The predicted octanol–water partition coefficient (Wildman–Crippen LogP) is 0.962. The Morgan fingerprint density at radius 3 is 2.35 bits per heavy atom. The molecule has 20 heavy (non-hydrogen) atoms. The van der Waals surface area contributed by atoms with Gasteiger partial charge in [0.15, 0.2) is 0 Å². The molecule has 1 saturated heterocycles. The van der Waals surface area contributed by atoms with Crippen molar-refractivity contribution >= 4 is 16.0 Å². The average molecular weight is 290 g/mol. The lowest BCUT2D eigenvalue weighted by Crippen LogP contribution is -2.56. The Kier molecular flexibility index (Phi) is 3.37. The van der Waals surface area contributed by atoms with Crippen molar-refractivity contribution in [3.8, 4) is 0 Å². The lowest BCUT2D eigenvalue weighted by molar-refractivity contribution is 0.280. The second-order valence-electron chi connectivity index (χ2n) is 4.55. The average Bonchev–Trinajstić information content (AvgIpc) is 2.44. The Morgan fingerprint density at radius 2 is 1.70 bits per heavy atom. The molecule has 0 saturated carbocycles. The van der Waals surface area contributed by atoms with Crippen molar-refractivity contribution in [3.63, 3.8) is 0 Å². The molecule has 2 heterocycles. The molecule has 7 heteroatoms. The molecule has 1 aromatic heterocycles. The number of benzene rings is 1. The molecule has 1 N–H and O–H groups in total. The van der Waals surface area contributed by atoms with Gasteiger partial charge in [-0.2, -0.15) is 4.31 Å². The molecule has 1 aromatic carbocycles. The summed E-state index contributed by atoms with van der Waals surface area (Å²) in [6.07, 6.45) is 3.29. The molecule has 0 unspecified atom stereocenters. The van der Waals surface area contributed by atoms with Gasteiger partial charge in [-0.25, -0.2) is 18.4 Å². The number of nitrogens with zero attached hydrogens (tertiary/aromatic N) is 3. The molecule has 1 aliphatic heterocycles. The van der Waals surface area contributed by atoms with E-state index in [9.17, 15) is 8.42 Å². The molecule has 3 rings (SSSR count). The van der Waals surface area contributed by atoms with Gasteiger partial charge in [0.25, 0.3) is 0 Å². The number of nitrogens with one attached hydrogen (secondary N) is 1. The normalized spacial score (nSPS) is 16.6. The third-order valence-corrected chi connectivity index (χ3v) is 4.97. The fourth-order valence-corrected chi connectivity index (χ4v) is 3.58. The van der Waals surface area contributed by atoms with Crippen molar-refractivity contribution in [1.29, 1.82) is 0 Å². The first-order valence-electron chi connectivity index (χ1n) is 6.25. The molecular formula is C13H14N4O2S. The molecule has 0 amide bonds. The smallest absolute Gasteiger partial charge is 0.243 e. The highest BCUT2D eigenvalue weighted by atomic mass is 32.2. The van der Waals surface area contributed by atoms with Crippen molar-refractivity contribution in [3.05, 3.63) is 48.8 Å². The van der Waals surface area contributed by atoms with Crippen LogP contribution in [0.5, 0.6) is 0 Å². The van der Waals surface area contributed by atoms with E-state index < -0.39 is 10.0 Å². The molecule has 0 spiro atoms. The maximum atomic E-state index is 12.3. The largest absolute Gasteiger partial charge is 0.349 e. The van der Waals surface area contributed by atoms with Gasteiger partial charge in [-0.05, 0) is 18.2 Å². The quantitative estimate of drug-likeness (QED) is 0.908. The van der Waals surface area contributed by atoms with E-state index in [2.05, 4.69) is 15.3 Å². The van der Waals surface area contributed by atoms with Gasteiger partial charge in [0.1, 0.15) is 0 Å². The monoisotopic (exact) mass is 290 g/mol. The molecule has 0 atom stereocenters. The van der Waals surface area contributed by atoms with E-state index in [1.807, 2.05) is 0 Å². The van der Waals surface area contributed by atoms with Crippen LogP contribution in [0.15, 0.2) is 53.7 Å². The van der Waals surface area contributed by atoms with Gasteiger partial charge in [-0.1, -0.05) is 18.2 Å². The van der Waals surface area contributed by atoms with Crippen LogP contribution in [0, 0.1) is 0 Å². The van der Waals surface area contributed by atoms with Gasteiger partial charge in [-0.3, -0.25) is 0 Å². The Hall–Kier alpha value is -1.99. The van der Waals surface area contributed by atoms with E-state index in [0.29, 0.717) is 23.9 Å². The molecular weight excluding hydrogens is 276 g/mol. The van der Waals surface area contributed by atoms with Crippen LogP contribution in [0.2, 0.25) is 0 Å². The highest BCUT2D eigenvalue weighted by Gasteiger charge is 2.36. The standard InChI is InChI=1S/C13H14N4O2S/c18-20(19,12-5-2-1-3-6-12)17-9-11(10-17)16-13-14-7-4-8-15-13/h1-8,11H,9-10H2,(H,14,15,16). The first-order valence-corrected chi connectivity index (χ1v) is 7.69. The van der Waals surface area contributed by atoms with Crippen LogP contribution in [-0.2, 0) is 10.0 Å². The fraction of sp³-hybridized carbons (Fsp3) is 0.231. The second-order valence-corrected chi connectivity index (χ2v) is 6.49. The van der Waals surface area contributed by atoms with Gasteiger partial charge >= 0.3 is 0 Å². The summed E-state index contributed by atoms with van der Waals surface area (Å²) in [6, 6.07) is 10.2. The summed E-state index contributed by atoms with van der Waals surface area (Å²) in [5.41, 5.74) is 0. The van der Waals surface area contributed by atoms with Gasteiger partial charge in [-0.15, -0.1) is 0 Å². The molecule has 6 nitrogen and oxygen atoms in total. The zero-order valence-electron chi connectivity index (χ0n) is 10.7. The topological polar surface area (TPSA) is 75.2 Å². The van der Waals surface area contributed by atoms with E-state index in [-0.39, 0.29) is 6.04 Å². The Bertz CT molecular complexity index is 670. The third-order valence-electron chi connectivity index (χ3n) is 3.13. The molecule has 1 fully saturated rings. The van der Waals surface area contributed by atoms with Crippen molar-refractivity contribution < 1.29 is 8.42 Å². The van der Waals surface area contributed by atoms with Gasteiger partial charge < -0.3 is 5.32 Å². The Morgan fingerprint density at radius 1 is 1.05 bits per heavy atom. The van der Waals surface area contributed by atoms with Crippen LogP contribution in [0.1, 0.15) is 0 Å². The lowest BCUT2D eigenvalue weighted by Gasteiger charge is -2.38. The van der Waals surface area contributed by atoms with Crippen LogP contribution in [-0.4, -0.2) is 41.8 Å². The fourth-order valence-electron chi connectivity index (χ4n) is 2.02. The Balaban J connectivity index is 1.63. The summed E-state index contributed by atoms with van der Waals surface area (Å²) >= 11 is 0. The van der Waals surface area contributed by atoms with E-state index in [1.165, 1.54) is 4.31 Å². The van der Waals surface area contributed by atoms with Crippen molar-refractivity contribution in [2.45, 2.75) is 10.9 Å². The highest BCUT2D eigenvalue weighted by molar-refractivity contribution is 7.89. The van der Waals surface area contributed by atoms with Crippen LogP contribution in [0.3, 0.4) is 0 Å². The van der Waals surface area contributed by atoms with Crippen LogP contribution < -0.4 is 5.32 Å². The van der Waals surface area contributed by atoms with E-state index >= 15 is 0 Å². The number of hydrogen-bond donors (Lipinski definition) is 1. The highest BCUT2D eigenvalue weighted by Crippen LogP contribution is 2.22. The van der Waals surface area contributed by atoms with Gasteiger partial charge in [0, 0.05) is 25.5 Å². The summed E-state index contributed by atoms with van der Waals surface area (Å²) in [5, 5.41) is 3.10. The van der Waals surface area contributed by atoms with Crippen LogP contribution in [0.25, 0.3) is 0 Å². The molecule has 1 aliphatic rings. The maximum absolute atomic E-state index is 12.3. The zero-order valence-corrected chi connectivity index (χ0v) is 11.5. The van der Waals surface area contributed by atoms with Crippen molar-refractivity contribution in [2.75, 3.05) is 18.4 Å².